The number of aliphatic hydroxyl groups excluding tert-OH is 3. The lowest BCUT2D eigenvalue weighted by Gasteiger charge is -2.09. The minimum atomic E-state index is -0.703. The molecule has 5 heteroatoms. The lowest BCUT2D eigenvalue weighted by molar-refractivity contribution is 0.113. The first-order valence-electron chi connectivity index (χ1n) is 5.23. The molecule has 0 aliphatic carbocycles. The molecule has 1 unspecified atom stereocenters. The molecule has 1 aromatic heterocycles. The second-order valence-electron chi connectivity index (χ2n) is 3.49. The molecule has 90 valence electrons. The van der Waals surface area contributed by atoms with Crippen LogP contribution < -0.4 is 0 Å². The van der Waals surface area contributed by atoms with Gasteiger partial charge in [-0.2, -0.15) is 0 Å². The first-order valence-corrected chi connectivity index (χ1v) is 6.21. The van der Waals surface area contributed by atoms with Crippen LogP contribution in [0.15, 0.2) is 23.2 Å². The maximum absolute atomic E-state index is 9.53. The van der Waals surface area contributed by atoms with E-state index in [2.05, 4.69) is 4.98 Å². The third-order valence-electron chi connectivity index (χ3n) is 2.14. The van der Waals surface area contributed by atoms with Crippen molar-refractivity contribution >= 4 is 11.8 Å². The molecule has 0 radical (unpaired) electrons. The van der Waals surface area contributed by atoms with Gasteiger partial charge in [-0.15, -0.1) is 11.8 Å². The van der Waals surface area contributed by atoms with Crippen molar-refractivity contribution in [1.82, 2.24) is 4.98 Å². The van der Waals surface area contributed by atoms with Crippen molar-refractivity contribution in [2.75, 3.05) is 12.4 Å². The Balaban J connectivity index is 2.51. The van der Waals surface area contributed by atoms with Crippen molar-refractivity contribution < 1.29 is 15.3 Å². The highest BCUT2D eigenvalue weighted by Crippen LogP contribution is 2.20. The van der Waals surface area contributed by atoms with Gasteiger partial charge < -0.3 is 15.3 Å². The molecule has 0 aliphatic rings. The van der Waals surface area contributed by atoms with Crippen molar-refractivity contribution in [1.29, 1.82) is 0 Å². The van der Waals surface area contributed by atoms with Crippen LogP contribution in [0.2, 0.25) is 0 Å². The van der Waals surface area contributed by atoms with E-state index in [1.807, 2.05) is 13.0 Å². The highest BCUT2D eigenvalue weighted by atomic mass is 32.2. The molecule has 0 aromatic carbocycles. The minimum Gasteiger partial charge on any atom is -0.394 e. The van der Waals surface area contributed by atoms with Gasteiger partial charge in [0.05, 0.1) is 24.5 Å². The number of nitrogens with zero attached hydrogens (tertiary/aromatic N) is 1. The zero-order chi connectivity index (χ0) is 12.0. The molecule has 2 atom stereocenters. The Morgan fingerprint density at radius 2 is 2.12 bits per heavy atom. The zero-order valence-electron chi connectivity index (χ0n) is 9.21. The fourth-order valence-corrected chi connectivity index (χ4v) is 1.91. The molecule has 0 saturated carbocycles. The van der Waals surface area contributed by atoms with E-state index >= 15 is 0 Å². The second kappa shape index (κ2) is 6.85. The number of rotatable bonds is 6. The smallest absolute Gasteiger partial charge is 0.0957 e. The van der Waals surface area contributed by atoms with Crippen LogP contribution in [0.25, 0.3) is 0 Å². The van der Waals surface area contributed by atoms with Crippen LogP contribution >= 0.6 is 11.8 Å². The Morgan fingerprint density at radius 1 is 1.38 bits per heavy atom. The van der Waals surface area contributed by atoms with Crippen LogP contribution in [-0.2, 0) is 0 Å². The number of hydrogen-bond acceptors (Lipinski definition) is 5. The molecule has 16 heavy (non-hydrogen) atoms. The molecule has 0 saturated heterocycles. The SMILES string of the molecule is CC[C@@H](O)c1ccc(SCC(O)CO)cn1. The van der Waals surface area contributed by atoms with E-state index in [0.29, 0.717) is 17.9 Å². The Hall–Kier alpha value is -0.620. The normalized spacial score (nSPS) is 14.8. The number of hydrogen-bond donors (Lipinski definition) is 3. The molecule has 1 heterocycles. The zero-order valence-corrected chi connectivity index (χ0v) is 10.0. The third kappa shape index (κ3) is 4.09. The van der Waals surface area contributed by atoms with Crippen LogP contribution in [0, 0.1) is 0 Å². The highest BCUT2D eigenvalue weighted by molar-refractivity contribution is 7.99. The quantitative estimate of drug-likeness (QED) is 0.649. The van der Waals surface area contributed by atoms with Gasteiger partial charge in [-0.1, -0.05) is 6.92 Å². The maximum atomic E-state index is 9.53. The summed E-state index contributed by atoms with van der Waals surface area (Å²) >= 11 is 1.43. The third-order valence-corrected chi connectivity index (χ3v) is 3.27. The van der Waals surface area contributed by atoms with Gasteiger partial charge in [-0.25, -0.2) is 0 Å². The van der Waals surface area contributed by atoms with Gasteiger partial charge in [0.2, 0.25) is 0 Å². The lowest BCUT2D eigenvalue weighted by atomic mass is 10.2. The van der Waals surface area contributed by atoms with Gasteiger partial charge in [0, 0.05) is 16.8 Å². The summed E-state index contributed by atoms with van der Waals surface area (Å²) in [4.78, 5) is 5.05. The van der Waals surface area contributed by atoms with Crippen LogP contribution in [0.3, 0.4) is 0 Å². The van der Waals surface area contributed by atoms with Gasteiger partial charge in [0.25, 0.3) is 0 Å². The average molecular weight is 243 g/mol. The molecule has 4 nitrogen and oxygen atoms in total. The number of aliphatic hydroxyl groups is 3. The van der Waals surface area contributed by atoms with E-state index in [1.165, 1.54) is 11.8 Å². The summed E-state index contributed by atoms with van der Waals surface area (Å²) in [6.45, 7) is 1.67. The fraction of sp³-hybridized carbons (Fsp3) is 0.545. The predicted molar refractivity (Wildman–Crippen MR) is 63.3 cm³/mol. The summed E-state index contributed by atoms with van der Waals surface area (Å²) in [5.41, 5.74) is 0.662. The largest absolute Gasteiger partial charge is 0.394 e. The molecule has 0 aliphatic heterocycles. The van der Waals surface area contributed by atoms with Gasteiger partial charge in [-0.05, 0) is 18.6 Å². The number of thioether (sulfide) groups is 1. The predicted octanol–water partition coefficient (Wildman–Crippen LogP) is 0.970. The van der Waals surface area contributed by atoms with Crippen molar-refractivity contribution in [3.63, 3.8) is 0 Å². The summed E-state index contributed by atoms with van der Waals surface area (Å²) in [6, 6.07) is 3.64. The Kier molecular flexibility index (Phi) is 5.76. The molecule has 1 aromatic rings. The van der Waals surface area contributed by atoms with Crippen LogP contribution in [-0.4, -0.2) is 38.8 Å². The highest BCUT2D eigenvalue weighted by Gasteiger charge is 2.07. The Labute approximate surface area is 99.3 Å². The fourth-order valence-electron chi connectivity index (χ4n) is 1.13. The minimum absolute atomic E-state index is 0.229. The maximum Gasteiger partial charge on any atom is 0.0957 e. The summed E-state index contributed by atoms with van der Waals surface area (Å²) in [5, 5.41) is 27.4. The van der Waals surface area contributed by atoms with Crippen molar-refractivity contribution in [2.24, 2.45) is 0 Å². The van der Waals surface area contributed by atoms with Gasteiger partial charge in [0.15, 0.2) is 0 Å². The molecular weight excluding hydrogens is 226 g/mol. The molecule has 0 fully saturated rings. The number of aromatic nitrogens is 1. The van der Waals surface area contributed by atoms with E-state index in [1.54, 1.807) is 12.3 Å². The monoisotopic (exact) mass is 243 g/mol. The molecule has 1 rings (SSSR count). The lowest BCUT2D eigenvalue weighted by Crippen LogP contribution is -2.14. The Morgan fingerprint density at radius 3 is 2.62 bits per heavy atom. The standard InChI is InChI=1S/C11H17NO3S/c1-2-11(15)10-4-3-9(5-12-10)16-7-8(14)6-13/h3-5,8,11,13-15H,2,6-7H2,1H3/t8?,11-/m1/s1. The summed E-state index contributed by atoms with van der Waals surface area (Å²) in [7, 11) is 0. The average Bonchev–Trinajstić information content (AvgIpc) is 2.35. The van der Waals surface area contributed by atoms with Crippen LogP contribution in [0.1, 0.15) is 25.1 Å². The second-order valence-corrected chi connectivity index (χ2v) is 4.58. The van der Waals surface area contributed by atoms with Crippen molar-refractivity contribution in [3.8, 4) is 0 Å². The van der Waals surface area contributed by atoms with Crippen LogP contribution in [0.4, 0.5) is 0 Å². The van der Waals surface area contributed by atoms with Crippen LogP contribution in [0.5, 0.6) is 0 Å². The van der Waals surface area contributed by atoms with E-state index in [-0.39, 0.29) is 6.61 Å². The number of pyridine rings is 1. The van der Waals surface area contributed by atoms with E-state index in [0.717, 1.165) is 4.90 Å². The topological polar surface area (TPSA) is 73.6 Å². The molecule has 0 spiro atoms. The Bertz CT molecular complexity index is 305. The summed E-state index contributed by atoms with van der Waals surface area (Å²) in [6.07, 6.45) is 1.10. The first-order chi connectivity index (χ1) is 7.67. The first kappa shape index (κ1) is 13.4. The summed E-state index contributed by atoms with van der Waals surface area (Å²) in [5.74, 6) is 0.438. The molecule has 3 N–H and O–H groups in total. The van der Waals surface area contributed by atoms with Gasteiger partial charge >= 0.3 is 0 Å². The van der Waals surface area contributed by atoms with Gasteiger partial charge in [0.1, 0.15) is 0 Å². The van der Waals surface area contributed by atoms with Gasteiger partial charge in [-0.3, -0.25) is 4.98 Å². The van der Waals surface area contributed by atoms with Crippen molar-refractivity contribution in [2.45, 2.75) is 30.4 Å². The molecular formula is C11H17NO3S. The van der Waals surface area contributed by atoms with Crippen molar-refractivity contribution in [3.05, 3.63) is 24.0 Å². The molecule has 0 amide bonds. The van der Waals surface area contributed by atoms with E-state index in [9.17, 15) is 5.11 Å². The van der Waals surface area contributed by atoms with E-state index in [4.69, 9.17) is 10.2 Å². The molecule has 0 bridgehead atoms. The summed E-state index contributed by atoms with van der Waals surface area (Å²) < 4.78 is 0. The van der Waals surface area contributed by atoms with E-state index < -0.39 is 12.2 Å².